The van der Waals surface area contributed by atoms with E-state index < -0.39 is 17.4 Å². The standard InChI is InChI=1S/C25H19ClN2O5S/c1-12-11-16(13(2)33-12)22(29)19-21(14-7-9-15(32-3)10-8-14)28(24(31)23(19)30)25-27-20-17(26)5-4-6-18(20)34-25/h4-11,30-31H,1-3H3. The molecule has 0 saturated heterocycles. The van der Waals surface area contributed by atoms with Crippen molar-refractivity contribution in [2.45, 2.75) is 13.8 Å². The van der Waals surface area contributed by atoms with Gasteiger partial charge in [-0.05, 0) is 61.9 Å². The number of aromatic nitrogens is 2. The molecule has 0 aliphatic carbocycles. The molecule has 0 aliphatic heterocycles. The number of furan rings is 1. The molecule has 0 spiro atoms. The minimum atomic E-state index is -0.542. The van der Waals surface area contributed by atoms with Crippen LogP contribution < -0.4 is 4.74 Å². The number of hydrogen-bond acceptors (Lipinski definition) is 7. The molecule has 34 heavy (non-hydrogen) atoms. The van der Waals surface area contributed by atoms with Crippen molar-refractivity contribution in [3.05, 3.63) is 76.2 Å². The van der Waals surface area contributed by atoms with Crippen LogP contribution in [0.25, 0.3) is 26.6 Å². The van der Waals surface area contributed by atoms with Crippen molar-refractivity contribution in [2.24, 2.45) is 0 Å². The van der Waals surface area contributed by atoms with Crippen molar-refractivity contribution in [1.82, 2.24) is 9.55 Å². The monoisotopic (exact) mass is 494 g/mol. The van der Waals surface area contributed by atoms with Gasteiger partial charge in [-0.2, -0.15) is 0 Å². The highest BCUT2D eigenvalue weighted by atomic mass is 35.5. The van der Waals surface area contributed by atoms with Crippen molar-refractivity contribution < 1.29 is 24.2 Å². The SMILES string of the molecule is COc1ccc(-c2c(C(=O)c3cc(C)oc3C)c(O)c(O)n2-c2nc3c(Cl)cccc3s2)cc1. The maximum Gasteiger partial charge on any atom is 0.242 e. The Labute approximate surface area is 203 Å². The number of nitrogens with zero attached hydrogens (tertiary/aromatic N) is 2. The van der Waals surface area contributed by atoms with Crippen LogP contribution in [-0.2, 0) is 0 Å². The fourth-order valence-electron chi connectivity index (χ4n) is 3.96. The zero-order valence-corrected chi connectivity index (χ0v) is 20.0. The second kappa shape index (κ2) is 8.23. The topological polar surface area (TPSA) is 97.7 Å². The van der Waals surface area contributed by atoms with Crippen LogP contribution in [0.1, 0.15) is 27.4 Å². The van der Waals surface area contributed by atoms with Gasteiger partial charge < -0.3 is 19.4 Å². The van der Waals surface area contributed by atoms with Crippen LogP contribution in [0, 0.1) is 13.8 Å². The van der Waals surface area contributed by atoms with Crippen molar-refractivity contribution in [2.75, 3.05) is 7.11 Å². The molecule has 5 aromatic rings. The molecule has 0 amide bonds. The zero-order valence-electron chi connectivity index (χ0n) is 18.4. The largest absolute Gasteiger partial charge is 0.503 e. The third-order valence-corrected chi connectivity index (χ3v) is 6.86. The maximum absolute atomic E-state index is 13.6. The van der Waals surface area contributed by atoms with Crippen molar-refractivity contribution >= 4 is 38.9 Å². The Morgan fingerprint density at radius 3 is 2.50 bits per heavy atom. The Bertz CT molecular complexity index is 1560. The van der Waals surface area contributed by atoms with E-state index >= 15 is 0 Å². The Balaban J connectivity index is 1.82. The zero-order chi connectivity index (χ0) is 24.1. The molecule has 0 fully saturated rings. The molecule has 3 aromatic heterocycles. The number of halogens is 1. The quantitative estimate of drug-likeness (QED) is 0.279. The molecule has 9 heteroatoms. The van der Waals surface area contributed by atoms with Crippen molar-refractivity contribution in [1.29, 1.82) is 0 Å². The summed E-state index contributed by atoms with van der Waals surface area (Å²) in [6.07, 6.45) is 0. The number of hydrogen-bond donors (Lipinski definition) is 2. The first-order chi connectivity index (χ1) is 16.3. The summed E-state index contributed by atoms with van der Waals surface area (Å²) < 4.78 is 13.0. The summed E-state index contributed by atoms with van der Waals surface area (Å²) in [4.78, 5) is 18.2. The Morgan fingerprint density at radius 1 is 1.15 bits per heavy atom. The van der Waals surface area contributed by atoms with Gasteiger partial charge >= 0.3 is 0 Å². The van der Waals surface area contributed by atoms with Crippen LogP contribution in [0.2, 0.25) is 5.02 Å². The van der Waals surface area contributed by atoms with Crippen LogP contribution in [0.5, 0.6) is 17.4 Å². The summed E-state index contributed by atoms with van der Waals surface area (Å²) in [7, 11) is 1.55. The summed E-state index contributed by atoms with van der Waals surface area (Å²) in [6.45, 7) is 3.41. The molecule has 0 radical (unpaired) electrons. The van der Waals surface area contributed by atoms with E-state index in [-0.39, 0.29) is 11.3 Å². The highest BCUT2D eigenvalue weighted by Gasteiger charge is 2.32. The first-order valence-corrected chi connectivity index (χ1v) is 11.5. The van der Waals surface area contributed by atoms with Gasteiger partial charge in [-0.15, -0.1) is 0 Å². The summed E-state index contributed by atoms with van der Waals surface area (Å²) in [5.41, 5.74) is 1.66. The van der Waals surface area contributed by atoms with Gasteiger partial charge in [-0.25, -0.2) is 4.98 Å². The molecule has 2 aromatic carbocycles. The van der Waals surface area contributed by atoms with Crippen LogP contribution in [0.4, 0.5) is 0 Å². The lowest BCUT2D eigenvalue weighted by Gasteiger charge is -2.10. The third kappa shape index (κ3) is 3.43. The van der Waals surface area contributed by atoms with Gasteiger partial charge in [-0.1, -0.05) is 29.0 Å². The predicted octanol–water partition coefficient (Wildman–Crippen LogP) is 6.27. The Morgan fingerprint density at radius 2 is 1.88 bits per heavy atom. The molecule has 0 saturated carbocycles. The van der Waals surface area contributed by atoms with Gasteiger partial charge in [0.1, 0.15) is 22.8 Å². The summed E-state index contributed by atoms with van der Waals surface area (Å²) >= 11 is 7.59. The maximum atomic E-state index is 13.6. The number of fused-ring (bicyclic) bond motifs is 1. The normalized spacial score (nSPS) is 11.3. The number of carbonyl (C=O) groups excluding carboxylic acids is 1. The fourth-order valence-corrected chi connectivity index (χ4v) is 5.24. The average Bonchev–Trinajstić information content (AvgIpc) is 3.48. The van der Waals surface area contributed by atoms with E-state index in [4.69, 9.17) is 20.8 Å². The van der Waals surface area contributed by atoms with E-state index in [1.54, 1.807) is 57.4 Å². The van der Waals surface area contributed by atoms with E-state index in [1.807, 2.05) is 12.1 Å². The highest BCUT2D eigenvalue weighted by molar-refractivity contribution is 7.21. The molecule has 3 heterocycles. The van der Waals surface area contributed by atoms with Crippen LogP contribution in [0.15, 0.2) is 52.9 Å². The van der Waals surface area contributed by atoms with Crippen molar-refractivity contribution in [3.8, 4) is 33.8 Å². The average molecular weight is 495 g/mol. The summed E-state index contributed by atoms with van der Waals surface area (Å²) in [5.74, 6) is 0.0844. The van der Waals surface area contributed by atoms with Crippen LogP contribution >= 0.6 is 22.9 Å². The fraction of sp³-hybridized carbons (Fsp3) is 0.120. The van der Waals surface area contributed by atoms with E-state index in [1.165, 1.54) is 15.9 Å². The van der Waals surface area contributed by atoms with Gasteiger partial charge in [0.05, 0.1) is 33.7 Å². The molecule has 0 bridgehead atoms. The molecule has 0 unspecified atom stereocenters. The number of ketones is 1. The lowest BCUT2D eigenvalue weighted by atomic mass is 9.99. The molecule has 7 nitrogen and oxygen atoms in total. The number of rotatable bonds is 5. The van der Waals surface area contributed by atoms with Crippen molar-refractivity contribution in [3.63, 3.8) is 0 Å². The van der Waals surface area contributed by atoms with E-state index in [0.717, 1.165) is 4.70 Å². The third-order valence-electron chi connectivity index (χ3n) is 5.55. The minimum absolute atomic E-state index is 0.0584. The first-order valence-electron chi connectivity index (χ1n) is 10.3. The Hall–Kier alpha value is -3.75. The number of ether oxygens (including phenoxy) is 1. The summed E-state index contributed by atoms with van der Waals surface area (Å²) in [6, 6.07) is 14.0. The molecule has 2 N–H and O–H groups in total. The molecule has 172 valence electrons. The molecule has 5 rings (SSSR count). The minimum Gasteiger partial charge on any atom is -0.503 e. The number of para-hydroxylation sites is 1. The van der Waals surface area contributed by atoms with Gasteiger partial charge in [0, 0.05) is 0 Å². The van der Waals surface area contributed by atoms with E-state index in [2.05, 4.69) is 4.98 Å². The molecule has 0 atom stereocenters. The van der Waals surface area contributed by atoms with Crippen LogP contribution in [-0.4, -0.2) is 32.7 Å². The smallest absolute Gasteiger partial charge is 0.242 e. The molecular formula is C25H19ClN2O5S. The van der Waals surface area contributed by atoms with Gasteiger partial charge in [0.25, 0.3) is 0 Å². The Kier molecular flexibility index (Phi) is 5.34. The van der Waals surface area contributed by atoms with E-state index in [9.17, 15) is 15.0 Å². The van der Waals surface area contributed by atoms with Crippen LogP contribution in [0.3, 0.4) is 0 Å². The lowest BCUT2D eigenvalue weighted by Crippen LogP contribution is -2.05. The lowest BCUT2D eigenvalue weighted by molar-refractivity contribution is 0.103. The van der Waals surface area contributed by atoms with Gasteiger partial charge in [0.15, 0.2) is 10.9 Å². The van der Waals surface area contributed by atoms with Gasteiger partial charge in [0.2, 0.25) is 11.7 Å². The summed E-state index contributed by atoms with van der Waals surface area (Å²) in [5, 5.41) is 22.8. The number of carbonyl (C=O) groups is 1. The van der Waals surface area contributed by atoms with Gasteiger partial charge in [-0.3, -0.25) is 9.36 Å². The number of methoxy groups -OCH3 is 1. The predicted molar refractivity (Wildman–Crippen MR) is 131 cm³/mol. The second-order valence-electron chi connectivity index (χ2n) is 7.70. The first kappa shape index (κ1) is 22.1. The molecular weight excluding hydrogens is 476 g/mol. The molecule has 0 aliphatic rings. The second-order valence-corrected chi connectivity index (χ2v) is 9.12. The van der Waals surface area contributed by atoms with E-state index in [0.29, 0.717) is 44.1 Å². The number of benzene rings is 2. The number of aromatic hydroxyl groups is 2. The highest BCUT2D eigenvalue weighted by Crippen LogP contribution is 2.46. The number of thiazole rings is 1. The number of aryl methyl sites for hydroxylation is 2.